The summed E-state index contributed by atoms with van der Waals surface area (Å²) in [5.41, 5.74) is 2.28. The van der Waals surface area contributed by atoms with Crippen LogP contribution in [-0.4, -0.2) is 22.0 Å². The molecule has 0 aliphatic carbocycles. The van der Waals surface area contributed by atoms with Crippen LogP contribution in [0, 0.1) is 13.7 Å². The zero-order valence-corrected chi connectivity index (χ0v) is 13.1. The molecule has 0 saturated carbocycles. The van der Waals surface area contributed by atoms with Crippen LogP contribution in [0.2, 0.25) is 0 Å². The van der Waals surface area contributed by atoms with Crippen LogP contribution in [0.3, 0.4) is 0 Å². The Morgan fingerprint density at radius 1 is 1.29 bits per heavy atom. The van der Waals surface area contributed by atoms with Gasteiger partial charge in [0.25, 0.3) is 5.69 Å². The quantitative estimate of drug-likeness (QED) is 0.416. The molecule has 106 valence electrons. The third-order valence-electron chi connectivity index (χ3n) is 3.10. The van der Waals surface area contributed by atoms with E-state index in [2.05, 4.69) is 32.6 Å². The summed E-state index contributed by atoms with van der Waals surface area (Å²) in [6, 6.07) is 10.3. The minimum atomic E-state index is -0.420. The standard InChI is InChI=1S/C14H10IN3O3/c1-21-13-5-2-8(6-10(13)15)14-16-11-4-3-9(18(19)20)7-12(11)17-14/h2-7H,1H3,(H,16,17). The first-order valence-corrected chi connectivity index (χ1v) is 7.14. The maximum absolute atomic E-state index is 10.8. The number of nitrogens with one attached hydrogen (secondary N) is 1. The SMILES string of the molecule is COc1ccc(-c2nc3ccc([N+](=O)[O-])cc3[nH]2)cc1I. The molecular weight excluding hydrogens is 385 g/mol. The summed E-state index contributed by atoms with van der Waals surface area (Å²) in [5.74, 6) is 1.47. The number of halogens is 1. The van der Waals surface area contributed by atoms with E-state index in [1.165, 1.54) is 12.1 Å². The Morgan fingerprint density at radius 2 is 2.10 bits per heavy atom. The summed E-state index contributed by atoms with van der Waals surface area (Å²) in [6.45, 7) is 0. The second-order valence-corrected chi connectivity index (χ2v) is 5.56. The summed E-state index contributed by atoms with van der Waals surface area (Å²) >= 11 is 2.19. The molecule has 2 aromatic carbocycles. The van der Waals surface area contributed by atoms with E-state index in [1.54, 1.807) is 13.2 Å². The van der Waals surface area contributed by atoms with Gasteiger partial charge >= 0.3 is 0 Å². The van der Waals surface area contributed by atoms with E-state index in [4.69, 9.17) is 4.74 Å². The van der Waals surface area contributed by atoms with Gasteiger partial charge in [0.15, 0.2) is 0 Å². The molecule has 0 spiro atoms. The van der Waals surface area contributed by atoms with Crippen molar-refractivity contribution in [3.63, 3.8) is 0 Å². The fourth-order valence-corrected chi connectivity index (χ4v) is 2.80. The van der Waals surface area contributed by atoms with Gasteiger partial charge in [0.05, 0.1) is 26.6 Å². The Bertz CT molecular complexity index is 845. The van der Waals surface area contributed by atoms with E-state index >= 15 is 0 Å². The van der Waals surface area contributed by atoms with Crippen LogP contribution in [0.15, 0.2) is 36.4 Å². The van der Waals surface area contributed by atoms with Crippen molar-refractivity contribution in [1.29, 1.82) is 0 Å². The number of non-ortho nitro benzene ring substituents is 1. The van der Waals surface area contributed by atoms with E-state index < -0.39 is 4.92 Å². The fraction of sp³-hybridized carbons (Fsp3) is 0.0714. The molecule has 0 atom stereocenters. The molecule has 0 unspecified atom stereocenters. The van der Waals surface area contributed by atoms with Crippen molar-refractivity contribution < 1.29 is 9.66 Å². The first-order valence-electron chi connectivity index (χ1n) is 6.06. The number of methoxy groups -OCH3 is 1. The van der Waals surface area contributed by atoms with Crippen molar-refractivity contribution in [2.75, 3.05) is 7.11 Å². The smallest absolute Gasteiger partial charge is 0.271 e. The first-order chi connectivity index (χ1) is 10.1. The number of H-pyrrole nitrogens is 1. The molecule has 0 radical (unpaired) electrons. The zero-order valence-electron chi connectivity index (χ0n) is 11.0. The number of aromatic amines is 1. The van der Waals surface area contributed by atoms with Gasteiger partial charge in [-0.15, -0.1) is 0 Å². The lowest BCUT2D eigenvalue weighted by molar-refractivity contribution is -0.384. The Labute approximate surface area is 133 Å². The normalized spacial score (nSPS) is 10.8. The van der Waals surface area contributed by atoms with Crippen LogP contribution in [0.1, 0.15) is 0 Å². The summed E-state index contributed by atoms with van der Waals surface area (Å²) < 4.78 is 6.20. The van der Waals surface area contributed by atoms with Gasteiger partial charge in [0.1, 0.15) is 11.6 Å². The van der Waals surface area contributed by atoms with Gasteiger partial charge in [-0.2, -0.15) is 0 Å². The molecule has 3 rings (SSSR count). The van der Waals surface area contributed by atoms with Crippen molar-refractivity contribution in [2.24, 2.45) is 0 Å². The van der Waals surface area contributed by atoms with Gasteiger partial charge in [-0.1, -0.05) is 0 Å². The van der Waals surface area contributed by atoms with E-state index in [9.17, 15) is 10.1 Å². The number of aromatic nitrogens is 2. The molecule has 1 aromatic heterocycles. The maximum Gasteiger partial charge on any atom is 0.271 e. The lowest BCUT2D eigenvalue weighted by atomic mass is 10.2. The third kappa shape index (κ3) is 2.56. The summed E-state index contributed by atoms with van der Waals surface area (Å²) in [4.78, 5) is 17.9. The minimum absolute atomic E-state index is 0.0435. The number of hydrogen-bond donors (Lipinski definition) is 1. The van der Waals surface area contributed by atoms with Crippen LogP contribution in [0.4, 0.5) is 5.69 Å². The summed E-state index contributed by atoms with van der Waals surface area (Å²) in [5, 5.41) is 10.8. The fourth-order valence-electron chi connectivity index (χ4n) is 2.06. The second kappa shape index (κ2) is 5.32. The van der Waals surface area contributed by atoms with Crippen molar-refractivity contribution in [2.45, 2.75) is 0 Å². The topological polar surface area (TPSA) is 81.1 Å². The number of fused-ring (bicyclic) bond motifs is 1. The highest BCUT2D eigenvalue weighted by Gasteiger charge is 2.11. The number of nitro groups is 1. The van der Waals surface area contributed by atoms with Crippen molar-refractivity contribution in [1.82, 2.24) is 9.97 Å². The molecule has 1 heterocycles. The molecule has 0 bridgehead atoms. The van der Waals surface area contributed by atoms with Crippen LogP contribution in [0.25, 0.3) is 22.4 Å². The average molecular weight is 395 g/mol. The van der Waals surface area contributed by atoms with Crippen LogP contribution < -0.4 is 4.74 Å². The van der Waals surface area contributed by atoms with Crippen molar-refractivity contribution >= 4 is 39.3 Å². The monoisotopic (exact) mass is 395 g/mol. The van der Waals surface area contributed by atoms with Gasteiger partial charge in [-0.05, 0) is 46.9 Å². The van der Waals surface area contributed by atoms with Gasteiger partial charge < -0.3 is 9.72 Å². The molecule has 3 aromatic rings. The molecule has 7 heteroatoms. The summed E-state index contributed by atoms with van der Waals surface area (Å²) in [7, 11) is 1.62. The molecule has 6 nitrogen and oxygen atoms in total. The Balaban J connectivity index is 2.08. The van der Waals surface area contributed by atoms with Gasteiger partial charge in [0, 0.05) is 17.7 Å². The highest BCUT2D eigenvalue weighted by atomic mass is 127. The Morgan fingerprint density at radius 3 is 2.76 bits per heavy atom. The predicted molar refractivity (Wildman–Crippen MR) is 87.5 cm³/mol. The highest BCUT2D eigenvalue weighted by molar-refractivity contribution is 14.1. The number of hydrogen-bond acceptors (Lipinski definition) is 4. The lowest BCUT2D eigenvalue weighted by Gasteiger charge is -2.04. The largest absolute Gasteiger partial charge is 0.496 e. The van der Waals surface area contributed by atoms with Crippen LogP contribution in [0.5, 0.6) is 5.75 Å². The van der Waals surface area contributed by atoms with Crippen LogP contribution >= 0.6 is 22.6 Å². The van der Waals surface area contributed by atoms with E-state index in [0.717, 1.165) is 14.9 Å². The predicted octanol–water partition coefficient (Wildman–Crippen LogP) is 3.75. The zero-order chi connectivity index (χ0) is 15.0. The number of nitrogens with zero attached hydrogens (tertiary/aromatic N) is 2. The average Bonchev–Trinajstić information content (AvgIpc) is 2.89. The molecule has 21 heavy (non-hydrogen) atoms. The Hall–Kier alpha value is -2.16. The lowest BCUT2D eigenvalue weighted by Crippen LogP contribution is -1.88. The molecule has 0 fully saturated rings. The summed E-state index contributed by atoms with van der Waals surface area (Å²) in [6.07, 6.45) is 0. The first kappa shape index (κ1) is 13.8. The van der Waals surface area contributed by atoms with Gasteiger partial charge in [0.2, 0.25) is 0 Å². The number of ether oxygens (including phenoxy) is 1. The third-order valence-corrected chi connectivity index (χ3v) is 3.94. The van der Waals surface area contributed by atoms with Gasteiger partial charge in [-0.3, -0.25) is 10.1 Å². The van der Waals surface area contributed by atoms with Crippen LogP contribution in [-0.2, 0) is 0 Å². The second-order valence-electron chi connectivity index (χ2n) is 4.39. The highest BCUT2D eigenvalue weighted by Crippen LogP contribution is 2.28. The molecule has 0 saturated heterocycles. The molecule has 0 aliphatic rings. The number of imidazole rings is 1. The molecule has 1 N–H and O–H groups in total. The van der Waals surface area contributed by atoms with E-state index in [-0.39, 0.29) is 5.69 Å². The minimum Gasteiger partial charge on any atom is -0.496 e. The van der Waals surface area contributed by atoms with E-state index in [1.807, 2.05) is 18.2 Å². The molecule has 0 aliphatic heterocycles. The Kier molecular flexibility index (Phi) is 3.50. The number of nitro benzene ring substituents is 1. The van der Waals surface area contributed by atoms with Crippen molar-refractivity contribution in [3.8, 4) is 17.1 Å². The number of rotatable bonds is 3. The maximum atomic E-state index is 10.8. The number of benzene rings is 2. The molecule has 0 amide bonds. The van der Waals surface area contributed by atoms with E-state index in [0.29, 0.717) is 16.9 Å². The molecular formula is C14H10IN3O3. The van der Waals surface area contributed by atoms with Crippen molar-refractivity contribution in [3.05, 3.63) is 50.1 Å². The van der Waals surface area contributed by atoms with Gasteiger partial charge in [-0.25, -0.2) is 4.98 Å².